The number of hydrogen-bond acceptors (Lipinski definition) is 20. The quantitative estimate of drug-likeness (QED) is 0.0365. The van der Waals surface area contributed by atoms with E-state index in [1.165, 1.54) is 12.1 Å². The first-order chi connectivity index (χ1) is 58.9. The highest BCUT2D eigenvalue weighted by Gasteiger charge is 2.83. The lowest BCUT2D eigenvalue weighted by Gasteiger charge is -2.78. The van der Waals surface area contributed by atoms with Crippen LogP contribution in [0.25, 0.3) is 0 Å². The monoisotopic (exact) mass is 1680 g/mol. The number of nitrogens with zero attached hydrogens (tertiary/aromatic N) is 5. The SMILES string of the molecule is Cc1cc(O[C@@H]2C(C)(C)[C@@H](NC(=O)c3ccc(N4CCC(OC5CC(Oc6ccc(C(=O)N[C@H]7CCC(=O)NC7=O)c(F)c6)C5)CC4)cc3)C2(C)C2(C)[C@@H](NC(=O)c3ccc(N4CCC(CN5CCOCCCCCOc6ccc(C(=O)NC7CCC(=O)NC7=O)cc6OC6CC5C6)CC4)cc3)C(C)(C)[C@@H]2Oc2cc(C)c(C#N)c(C)c2)cc(C)c1C#N. The summed E-state index contributed by atoms with van der Waals surface area (Å²) >= 11 is 0. The predicted octanol–water partition coefficient (Wildman–Crippen LogP) is 12.1. The number of amides is 8. The fourth-order valence-corrected chi connectivity index (χ4v) is 21.0. The van der Waals surface area contributed by atoms with Gasteiger partial charge in [-0.05, 0) is 217 Å². The summed E-state index contributed by atoms with van der Waals surface area (Å²) in [7, 11) is 0. The van der Waals surface area contributed by atoms with Crippen LogP contribution in [0.3, 0.4) is 0 Å². The molecule has 0 spiro atoms. The summed E-state index contributed by atoms with van der Waals surface area (Å²) in [6, 6.07) is 34.3. The average molecular weight is 1680 g/mol. The van der Waals surface area contributed by atoms with Gasteiger partial charge in [0.2, 0.25) is 23.6 Å². The van der Waals surface area contributed by atoms with Crippen LogP contribution in [0.4, 0.5) is 15.8 Å². The van der Waals surface area contributed by atoms with Gasteiger partial charge in [-0.15, -0.1) is 0 Å². The summed E-state index contributed by atoms with van der Waals surface area (Å²) in [6.07, 6.45) is 8.01. The van der Waals surface area contributed by atoms with Crippen molar-refractivity contribution in [2.45, 2.75) is 232 Å². The lowest BCUT2D eigenvalue weighted by molar-refractivity contribution is -0.317. The fourth-order valence-electron chi connectivity index (χ4n) is 21.0. The van der Waals surface area contributed by atoms with E-state index >= 15 is 14.0 Å². The predicted molar refractivity (Wildman–Crippen MR) is 457 cm³/mol. The van der Waals surface area contributed by atoms with E-state index in [2.05, 4.69) is 100 Å². The summed E-state index contributed by atoms with van der Waals surface area (Å²) in [6.45, 7) is 26.9. The van der Waals surface area contributed by atoms with Crippen molar-refractivity contribution in [2.24, 2.45) is 27.6 Å². The van der Waals surface area contributed by atoms with Crippen molar-refractivity contribution in [3.8, 4) is 40.9 Å². The molecule has 4 saturated carbocycles. The molecular formula is C96H114FN11O15. The number of anilines is 2. The van der Waals surface area contributed by atoms with E-state index in [-0.39, 0.29) is 85.2 Å². The first-order valence-electron chi connectivity index (χ1n) is 43.7. The summed E-state index contributed by atoms with van der Waals surface area (Å²) in [5.41, 5.74) is 3.67. The zero-order chi connectivity index (χ0) is 87.0. The molecule has 16 rings (SSSR count). The van der Waals surface area contributed by atoms with Crippen molar-refractivity contribution >= 4 is 58.6 Å². The molecule has 27 heteroatoms. The van der Waals surface area contributed by atoms with E-state index in [0.717, 1.165) is 137 Å². The van der Waals surface area contributed by atoms with Crippen LogP contribution in [0.5, 0.6) is 28.7 Å². The Kier molecular flexibility index (Phi) is 25.4. The zero-order valence-electron chi connectivity index (χ0n) is 72.0. The molecule has 2 bridgehead atoms. The number of ether oxygens (including phenoxy) is 7. The summed E-state index contributed by atoms with van der Waals surface area (Å²) in [5, 5.41) is 37.4. The van der Waals surface area contributed by atoms with Gasteiger partial charge in [0.15, 0.2) is 11.5 Å². The Morgan fingerprint density at radius 2 is 0.992 bits per heavy atom. The highest BCUT2D eigenvalue weighted by atomic mass is 19.1. The zero-order valence-corrected chi connectivity index (χ0v) is 72.0. The van der Waals surface area contributed by atoms with Gasteiger partial charge in [0.05, 0.1) is 54.3 Å². The maximum absolute atomic E-state index is 15.4. The number of fused-ring (bicyclic) bond motifs is 9. The smallest absolute Gasteiger partial charge is 0.254 e. The molecule has 0 radical (unpaired) electrons. The Balaban J connectivity index is 0.603. The van der Waals surface area contributed by atoms with Gasteiger partial charge in [0.25, 0.3) is 23.6 Å². The second-order valence-electron chi connectivity index (χ2n) is 36.9. The number of halogens is 1. The van der Waals surface area contributed by atoms with Gasteiger partial charge in [-0.1, -0.05) is 41.5 Å². The molecule has 10 aliphatic rings. The number of aryl methyl sites for hydroxylation is 4. The third-order valence-corrected chi connectivity index (χ3v) is 27.9. The van der Waals surface area contributed by atoms with Gasteiger partial charge >= 0.3 is 0 Å². The minimum atomic E-state index is -1.02. The van der Waals surface area contributed by atoms with Crippen LogP contribution in [-0.4, -0.2) is 178 Å². The van der Waals surface area contributed by atoms with Gasteiger partial charge in [-0.3, -0.25) is 53.9 Å². The minimum absolute atomic E-state index is 0.0181. The molecule has 6 aromatic rings. The number of carbonyl (C=O) groups excluding carboxylic acids is 8. The third kappa shape index (κ3) is 18.0. The van der Waals surface area contributed by atoms with Gasteiger partial charge in [-0.2, -0.15) is 10.5 Å². The number of carbonyl (C=O) groups is 8. The molecule has 8 amide bonds. The largest absolute Gasteiger partial charge is 0.490 e. The van der Waals surface area contributed by atoms with Crippen molar-refractivity contribution in [3.05, 3.63) is 171 Å². The molecule has 4 saturated heterocycles. The number of nitriles is 2. The first kappa shape index (κ1) is 86.8. The Hall–Kier alpha value is -11.1. The van der Waals surface area contributed by atoms with Crippen LogP contribution in [0.15, 0.2) is 109 Å². The molecular weight excluding hydrogens is 1570 g/mol. The van der Waals surface area contributed by atoms with Crippen LogP contribution < -0.4 is 65.4 Å². The van der Waals surface area contributed by atoms with Gasteiger partial charge < -0.3 is 64.2 Å². The lowest BCUT2D eigenvalue weighted by Crippen LogP contribution is -2.90. The van der Waals surface area contributed by atoms with E-state index in [0.29, 0.717) is 89.4 Å². The van der Waals surface area contributed by atoms with Crippen molar-refractivity contribution in [3.63, 3.8) is 0 Å². The highest BCUT2D eigenvalue weighted by molar-refractivity contribution is 6.05. The van der Waals surface area contributed by atoms with Crippen LogP contribution in [0.2, 0.25) is 0 Å². The molecule has 6 aliphatic heterocycles. The molecule has 3 unspecified atom stereocenters. The molecule has 6 N–H and O–H groups in total. The van der Waals surface area contributed by atoms with Crippen LogP contribution in [0, 0.1) is 83.8 Å². The van der Waals surface area contributed by atoms with Gasteiger partial charge in [0, 0.05) is 158 Å². The third-order valence-electron chi connectivity index (χ3n) is 27.9. The number of rotatable bonds is 21. The minimum Gasteiger partial charge on any atom is -0.490 e. The van der Waals surface area contributed by atoms with E-state index in [9.17, 15) is 39.3 Å². The normalized spacial score (nSPS) is 27.3. The Labute approximate surface area is 718 Å². The molecule has 26 nitrogen and oxygen atoms in total. The first-order valence-corrected chi connectivity index (χ1v) is 43.7. The maximum atomic E-state index is 15.4. The molecule has 8 atom stereocenters. The van der Waals surface area contributed by atoms with Crippen molar-refractivity contribution in [2.75, 3.05) is 68.9 Å². The molecule has 4 aliphatic carbocycles. The van der Waals surface area contributed by atoms with Crippen LogP contribution >= 0.6 is 0 Å². The second-order valence-corrected chi connectivity index (χ2v) is 36.9. The van der Waals surface area contributed by atoms with E-state index in [4.69, 9.17) is 33.2 Å². The standard InChI is InChI=1S/C96H114FN11O15/c1-55-42-68(43-56(2)74(55)52-98)122-91-93(5,6)89(104-83(111)60-14-19-63(20-15-60)106-34-30-59(31-35-106)54-108-38-41-117-39-12-11-13-40-118-79-27-18-62(46-80(79)121-70-47-65(108)48-70)85(113)100-77-25-28-81(109)102-87(77)115)95(91,9)96(10)90(94(7,8)92(96)123-69-44-57(3)75(53-99)58(4)45-69)105-84(112)61-16-21-64(22-17-61)107-36-32-66(33-37-107)119-71-49-72(50-71)120-67-23-24-73(76(97)51-67)86(114)101-78-26-29-82(110)103-88(78)116/h14-24,27,42-46,51,59,65-66,70-72,77-78,89-92H,11-13,25-26,28-41,47-50,54H2,1-10H3,(H,100,113)(H,101,114)(H,104,111)(H,105,112)(H,102,109,115)(H,103,110,116)/t65?,70?,71?,72?,77?,78-,89-,90+,91-,92+,95?,96?/m0/s1. The second kappa shape index (κ2) is 36.0. The number of hydrogen-bond donors (Lipinski definition) is 6. The maximum Gasteiger partial charge on any atom is 0.254 e. The summed E-state index contributed by atoms with van der Waals surface area (Å²) < 4.78 is 61.7. The van der Waals surface area contributed by atoms with Gasteiger partial charge in [-0.25, -0.2) is 4.39 Å². The number of piperidine rings is 4. The number of nitrogens with one attached hydrogen (secondary N) is 6. The molecule has 123 heavy (non-hydrogen) atoms. The van der Waals surface area contributed by atoms with E-state index in [1.54, 1.807) is 18.2 Å². The number of imide groups is 2. The molecule has 6 aromatic carbocycles. The fraction of sp³-hybridized carbons (Fsp3) is 0.521. The van der Waals surface area contributed by atoms with Crippen LogP contribution in [0.1, 0.15) is 213 Å². The van der Waals surface area contributed by atoms with E-state index < -0.39 is 93.4 Å². The Morgan fingerprint density at radius 1 is 0.504 bits per heavy atom. The number of benzene rings is 6. The van der Waals surface area contributed by atoms with Gasteiger partial charge in [0.1, 0.15) is 59.6 Å². The van der Waals surface area contributed by atoms with Crippen molar-refractivity contribution in [1.29, 1.82) is 10.5 Å². The Bertz CT molecular complexity index is 5070. The average Bonchev–Trinajstić information content (AvgIpc) is 0.643. The molecule has 0 aromatic heterocycles. The summed E-state index contributed by atoms with van der Waals surface area (Å²) in [5.74, 6) is -1.54. The van der Waals surface area contributed by atoms with Crippen molar-refractivity contribution in [1.82, 2.24) is 36.8 Å². The Morgan fingerprint density at radius 3 is 1.50 bits per heavy atom. The summed E-state index contributed by atoms with van der Waals surface area (Å²) in [4.78, 5) is 112. The molecule has 6 heterocycles. The van der Waals surface area contributed by atoms with E-state index in [1.807, 2.05) is 100 Å². The van der Waals surface area contributed by atoms with Crippen molar-refractivity contribution < 1.29 is 75.9 Å². The molecule has 650 valence electrons. The topological polar surface area (TPSA) is 331 Å². The van der Waals surface area contributed by atoms with Crippen LogP contribution in [-0.2, 0) is 28.7 Å². The lowest BCUT2D eigenvalue weighted by atomic mass is 9.30. The molecule has 8 fully saturated rings. The highest BCUT2D eigenvalue weighted by Crippen LogP contribution is 2.73.